The highest BCUT2D eigenvalue weighted by molar-refractivity contribution is 6.00. The number of amides is 1. The van der Waals surface area contributed by atoms with Crippen LogP contribution in [0, 0.1) is 12.7 Å². The number of nitrogen functional groups attached to an aromatic ring is 1. The summed E-state index contributed by atoms with van der Waals surface area (Å²) in [5, 5.41) is 3.04. The van der Waals surface area contributed by atoms with Crippen LogP contribution in [0.3, 0.4) is 0 Å². The molecular formula is C21H19FN5O2+. The Hall–Kier alpha value is -3.81. The second kappa shape index (κ2) is 6.97. The minimum atomic E-state index is -0.432. The Balaban J connectivity index is 1.78. The second-order valence-corrected chi connectivity index (χ2v) is 6.85. The number of carbonyl (C=O) groups is 1. The zero-order chi connectivity index (χ0) is 20.7. The molecule has 3 heterocycles. The van der Waals surface area contributed by atoms with E-state index in [9.17, 15) is 14.0 Å². The van der Waals surface area contributed by atoms with E-state index in [0.717, 1.165) is 11.1 Å². The van der Waals surface area contributed by atoms with E-state index >= 15 is 0 Å². The summed E-state index contributed by atoms with van der Waals surface area (Å²) < 4.78 is 16.0. The topological polar surface area (TPSA) is 93.4 Å². The molecule has 1 amide bonds. The van der Waals surface area contributed by atoms with Crippen LogP contribution in [0.25, 0.3) is 16.7 Å². The monoisotopic (exact) mass is 392 g/mol. The molecule has 0 aliphatic carbocycles. The molecule has 3 aromatic heterocycles. The lowest BCUT2D eigenvalue weighted by atomic mass is 10.1. The normalized spacial score (nSPS) is 11.1. The molecule has 4 rings (SSSR count). The molecule has 0 saturated carbocycles. The average molecular weight is 392 g/mol. The molecule has 0 radical (unpaired) electrons. The zero-order valence-electron chi connectivity index (χ0n) is 15.9. The van der Waals surface area contributed by atoms with Crippen molar-refractivity contribution in [2.45, 2.75) is 13.5 Å². The standard InChI is InChI=1S/C21H18FN5O2/c1-12-4-3-9-27-18(12)25-19-16(21(27)29)10-15(17(23)26(19)2)20(28)24-11-13-5-7-14(22)8-6-13/h3-10,23H,11H2,1-2H3,(H,24,28)/p+1. The number of aryl methyl sites for hydroxylation is 2. The van der Waals surface area contributed by atoms with Crippen molar-refractivity contribution in [2.24, 2.45) is 7.05 Å². The van der Waals surface area contributed by atoms with E-state index in [1.165, 1.54) is 27.2 Å². The lowest BCUT2D eigenvalue weighted by Gasteiger charge is -2.10. The molecule has 0 bridgehead atoms. The lowest BCUT2D eigenvalue weighted by molar-refractivity contribution is -0.632. The number of carbonyl (C=O) groups excluding carboxylic acids is 1. The number of nitrogens with one attached hydrogen (secondary N) is 1. The number of hydrogen-bond donors (Lipinski definition) is 2. The molecule has 29 heavy (non-hydrogen) atoms. The van der Waals surface area contributed by atoms with Gasteiger partial charge < -0.3 is 11.1 Å². The number of fused-ring (bicyclic) bond motifs is 2. The van der Waals surface area contributed by atoms with E-state index < -0.39 is 5.91 Å². The van der Waals surface area contributed by atoms with Gasteiger partial charge in [0.15, 0.2) is 0 Å². The van der Waals surface area contributed by atoms with Crippen LogP contribution in [0.5, 0.6) is 0 Å². The van der Waals surface area contributed by atoms with Gasteiger partial charge in [-0.2, -0.15) is 0 Å². The van der Waals surface area contributed by atoms with Crippen LogP contribution < -0.4 is 21.2 Å². The first kappa shape index (κ1) is 18.5. The summed E-state index contributed by atoms with van der Waals surface area (Å²) in [5.41, 5.74) is 8.60. The van der Waals surface area contributed by atoms with Crippen molar-refractivity contribution in [3.63, 3.8) is 0 Å². The van der Waals surface area contributed by atoms with Crippen LogP contribution >= 0.6 is 0 Å². The predicted octanol–water partition coefficient (Wildman–Crippen LogP) is 1.63. The largest absolute Gasteiger partial charge is 0.348 e. The number of anilines is 1. The van der Waals surface area contributed by atoms with E-state index in [2.05, 4.69) is 10.3 Å². The minimum Gasteiger partial charge on any atom is -0.348 e. The van der Waals surface area contributed by atoms with Crippen LogP contribution in [-0.2, 0) is 13.6 Å². The molecule has 4 aromatic rings. The van der Waals surface area contributed by atoms with Gasteiger partial charge in [-0.3, -0.25) is 14.0 Å². The fraction of sp³-hybridized carbons (Fsp3) is 0.143. The van der Waals surface area contributed by atoms with Crippen molar-refractivity contribution in [1.82, 2.24) is 14.7 Å². The van der Waals surface area contributed by atoms with Gasteiger partial charge in [-0.25, -0.2) is 8.96 Å². The van der Waals surface area contributed by atoms with Crippen LogP contribution in [0.2, 0.25) is 0 Å². The highest BCUT2D eigenvalue weighted by Gasteiger charge is 2.22. The van der Waals surface area contributed by atoms with Crippen LogP contribution in [-0.4, -0.2) is 15.3 Å². The number of benzene rings is 1. The Morgan fingerprint density at radius 2 is 2.00 bits per heavy atom. The molecule has 7 nitrogen and oxygen atoms in total. The van der Waals surface area contributed by atoms with Crippen molar-refractivity contribution < 1.29 is 13.8 Å². The summed E-state index contributed by atoms with van der Waals surface area (Å²) >= 11 is 0. The van der Waals surface area contributed by atoms with Gasteiger partial charge in [0, 0.05) is 18.3 Å². The highest BCUT2D eigenvalue weighted by Crippen LogP contribution is 2.15. The summed E-state index contributed by atoms with van der Waals surface area (Å²) in [4.78, 5) is 30.3. The third-order valence-electron chi connectivity index (χ3n) is 4.92. The molecule has 146 valence electrons. The van der Waals surface area contributed by atoms with Gasteiger partial charge in [0.25, 0.3) is 17.1 Å². The summed E-state index contributed by atoms with van der Waals surface area (Å²) in [6.07, 6.45) is 1.64. The third kappa shape index (κ3) is 3.18. The minimum absolute atomic E-state index is 0.175. The maximum absolute atomic E-state index is 13.0. The molecule has 1 aromatic carbocycles. The number of aromatic nitrogens is 3. The van der Waals surface area contributed by atoms with E-state index in [1.807, 2.05) is 13.0 Å². The van der Waals surface area contributed by atoms with E-state index in [-0.39, 0.29) is 34.7 Å². The molecule has 0 atom stereocenters. The van der Waals surface area contributed by atoms with Crippen molar-refractivity contribution in [3.8, 4) is 0 Å². The summed E-state index contributed by atoms with van der Waals surface area (Å²) in [5.74, 6) is -0.585. The Labute approximate surface area is 165 Å². The summed E-state index contributed by atoms with van der Waals surface area (Å²) in [7, 11) is 1.66. The molecule has 0 aliphatic heterocycles. The van der Waals surface area contributed by atoms with E-state index in [4.69, 9.17) is 5.73 Å². The molecule has 8 heteroatoms. The quantitative estimate of drug-likeness (QED) is 0.409. The summed E-state index contributed by atoms with van der Waals surface area (Å²) in [6.45, 7) is 2.07. The first-order valence-electron chi connectivity index (χ1n) is 8.99. The lowest BCUT2D eigenvalue weighted by Crippen LogP contribution is -2.39. The van der Waals surface area contributed by atoms with Crippen LogP contribution in [0.4, 0.5) is 10.2 Å². The van der Waals surface area contributed by atoms with Gasteiger partial charge in [0.1, 0.15) is 16.8 Å². The van der Waals surface area contributed by atoms with Gasteiger partial charge in [-0.1, -0.05) is 23.2 Å². The Kier molecular flexibility index (Phi) is 4.46. The molecule has 3 N–H and O–H groups in total. The second-order valence-electron chi connectivity index (χ2n) is 6.85. The van der Waals surface area contributed by atoms with Crippen molar-refractivity contribution in [1.29, 1.82) is 0 Å². The molecule has 0 aliphatic rings. The number of nitrogens with two attached hydrogens (primary N) is 1. The van der Waals surface area contributed by atoms with E-state index in [1.54, 1.807) is 31.4 Å². The molecule has 0 unspecified atom stereocenters. The Morgan fingerprint density at radius 1 is 1.28 bits per heavy atom. The van der Waals surface area contributed by atoms with Gasteiger partial charge >= 0.3 is 0 Å². The van der Waals surface area contributed by atoms with Gasteiger partial charge in [0.05, 0.1) is 7.05 Å². The van der Waals surface area contributed by atoms with Crippen molar-refractivity contribution in [3.05, 3.63) is 81.5 Å². The third-order valence-corrected chi connectivity index (χ3v) is 4.92. The number of hydrogen-bond acceptors (Lipinski definition) is 4. The molecule has 0 fully saturated rings. The van der Waals surface area contributed by atoms with Crippen LogP contribution in [0.1, 0.15) is 21.5 Å². The van der Waals surface area contributed by atoms with Gasteiger partial charge in [0.2, 0.25) is 11.5 Å². The van der Waals surface area contributed by atoms with Gasteiger partial charge in [-0.15, -0.1) is 0 Å². The fourth-order valence-corrected chi connectivity index (χ4v) is 3.26. The van der Waals surface area contributed by atoms with Gasteiger partial charge in [-0.05, 0) is 36.8 Å². The summed E-state index contributed by atoms with van der Waals surface area (Å²) in [6, 6.07) is 10.9. The predicted molar refractivity (Wildman–Crippen MR) is 107 cm³/mol. The Morgan fingerprint density at radius 3 is 2.72 bits per heavy atom. The highest BCUT2D eigenvalue weighted by atomic mass is 19.1. The molecule has 0 spiro atoms. The number of halogens is 1. The smallest absolute Gasteiger partial charge is 0.278 e. The Bertz CT molecular complexity index is 1330. The first-order valence-corrected chi connectivity index (χ1v) is 8.99. The SMILES string of the molecule is Cc1cccn2c(=O)c3cc(C(=O)NCc4ccc(F)cc4)c(N)[n+](C)c3nc12. The van der Waals surface area contributed by atoms with E-state index in [0.29, 0.717) is 11.3 Å². The maximum Gasteiger partial charge on any atom is 0.278 e. The molecular weight excluding hydrogens is 373 g/mol. The number of nitrogens with zero attached hydrogens (tertiary/aromatic N) is 3. The number of rotatable bonds is 3. The van der Waals surface area contributed by atoms with Crippen molar-refractivity contribution >= 4 is 28.4 Å². The van der Waals surface area contributed by atoms with Crippen molar-refractivity contribution in [2.75, 3.05) is 5.73 Å². The first-order chi connectivity index (χ1) is 13.9. The molecule has 0 saturated heterocycles. The average Bonchev–Trinajstić information content (AvgIpc) is 2.71. The van der Waals surface area contributed by atoms with Crippen LogP contribution in [0.15, 0.2) is 53.5 Å². The zero-order valence-corrected chi connectivity index (χ0v) is 15.9. The number of pyridine rings is 2. The maximum atomic E-state index is 13.0. The fourth-order valence-electron chi connectivity index (χ4n) is 3.26.